The average Bonchev–Trinajstić information content (AvgIpc) is 3.29. The van der Waals surface area contributed by atoms with Gasteiger partial charge in [0.1, 0.15) is 18.5 Å². The van der Waals surface area contributed by atoms with Gasteiger partial charge in [-0.15, -0.1) is 0 Å². The number of urea groups is 1. The molecule has 6 nitrogen and oxygen atoms in total. The quantitative estimate of drug-likeness (QED) is 0.600. The average molecular weight is 452 g/mol. The topological polar surface area (TPSA) is 87.3 Å². The van der Waals surface area contributed by atoms with Gasteiger partial charge in [-0.2, -0.15) is 13.1 Å². The van der Waals surface area contributed by atoms with E-state index in [0.717, 1.165) is 25.7 Å². The molecule has 4 aliphatic rings. The lowest BCUT2D eigenvalue weighted by Gasteiger charge is -2.42. The summed E-state index contributed by atoms with van der Waals surface area (Å²) in [6, 6.07) is -0.828. The van der Waals surface area contributed by atoms with Gasteiger partial charge < -0.3 is 5.32 Å². The predicted octanol–water partition coefficient (Wildman–Crippen LogP) is 3.15. The molecule has 4 aliphatic carbocycles. The molecule has 0 aromatic heterocycles. The van der Waals surface area contributed by atoms with Crippen molar-refractivity contribution < 1.29 is 26.4 Å². The number of hydrogen-bond acceptors (Lipinski definition) is 3. The molecule has 0 heterocycles. The molecule has 2 amide bonds. The lowest BCUT2D eigenvalue weighted by atomic mass is 9.67. The zero-order chi connectivity index (χ0) is 21.5. The lowest BCUT2D eigenvalue weighted by molar-refractivity contribution is 0.0330. The second-order valence-corrected chi connectivity index (χ2v) is 11.2. The molecule has 4 rings (SSSR count). The number of fused-ring (bicyclic) bond motifs is 2. The minimum atomic E-state index is -4.27. The van der Waals surface area contributed by atoms with Crippen molar-refractivity contribution in [3.63, 3.8) is 0 Å². The number of carbonyl (C=O) groups excluding carboxylic acids is 1. The Hall–Kier alpha value is -1.03. The van der Waals surface area contributed by atoms with Crippen molar-refractivity contribution in [3.8, 4) is 0 Å². The van der Waals surface area contributed by atoms with Crippen LogP contribution in [0.15, 0.2) is 0 Å². The van der Waals surface area contributed by atoms with Crippen molar-refractivity contribution >= 4 is 16.2 Å². The Morgan fingerprint density at radius 1 is 0.867 bits per heavy atom. The number of alkyl halides is 3. The molecule has 0 spiro atoms. The van der Waals surface area contributed by atoms with E-state index in [-0.39, 0.29) is 6.04 Å². The largest absolute Gasteiger partial charge is 0.334 e. The summed E-state index contributed by atoms with van der Waals surface area (Å²) in [5, 5.41) is 2.91. The molecule has 4 saturated carbocycles. The highest BCUT2D eigenvalue weighted by molar-refractivity contribution is 7.88. The maximum atomic E-state index is 13.9. The monoisotopic (exact) mass is 451 g/mol. The summed E-state index contributed by atoms with van der Waals surface area (Å²) in [6.07, 6.45) is 1.99. The number of nitrogens with one attached hydrogen (secondary N) is 3. The van der Waals surface area contributed by atoms with Crippen molar-refractivity contribution in [2.45, 2.75) is 82.3 Å². The van der Waals surface area contributed by atoms with Crippen LogP contribution in [0.4, 0.5) is 18.0 Å². The van der Waals surface area contributed by atoms with Crippen molar-refractivity contribution in [1.29, 1.82) is 0 Å². The molecule has 0 aromatic carbocycles. The summed E-state index contributed by atoms with van der Waals surface area (Å²) in [5.74, 6) is 0.715. The molecule has 0 saturated heterocycles. The van der Waals surface area contributed by atoms with Gasteiger partial charge in [0.2, 0.25) is 0 Å². The van der Waals surface area contributed by atoms with Crippen LogP contribution in [-0.2, 0) is 10.2 Å². The van der Waals surface area contributed by atoms with E-state index in [0.29, 0.717) is 23.7 Å². The second kappa shape index (κ2) is 8.84. The number of amides is 2. The molecule has 0 aliphatic heterocycles. The Balaban J connectivity index is 1.32. The van der Waals surface area contributed by atoms with Gasteiger partial charge in [0.05, 0.1) is 0 Å². The second-order valence-electron chi connectivity index (χ2n) is 9.66. The summed E-state index contributed by atoms with van der Waals surface area (Å²) in [7, 11) is -4.27. The number of hydrogen-bond donors (Lipinski definition) is 3. The van der Waals surface area contributed by atoms with Gasteiger partial charge in [-0.05, 0) is 42.9 Å². The van der Waals surface area contributed by atoms with Crippen LogP contribution in [0.2, 0.25) is 0 Å². The van der Waals surface area contributed by atoms with E-state index in [9.17, 15) is 26.4 Å². The third-order valence-corrected chi connectivity index (χ3v) is 8.89. The first kappa shape index (κ1) is 22.2. The Morgan fingerprint density at radius 2 is 1.43 bits per heavy atom. The van der Waals surface area contributed by atoms with Gasteiger partial charge in [-0.3, -0.25) is 0 Å². The molecule has 10 heteroatoms. The Bertz CT molecular complexity index is 708. The maximum absolute atomic E-state index is 13.9. The van der Waals surface area contributed by atoms with Gasteiger partial charge in [0.15, 0.2) is 0 Å². The molecule has 6 atom stereocenters. The minimum absolute atomic E-state index is 0.0285. The third kappa shape index (κ3) is 4.74. The first-order valence-corrected chi connectivity index (χ1v) is 12.7. The summed E-state index contributed by atoms with van der Waals surface area (Å²) in [4.78, 5) is 12.5. The molecule has 0 aromatic rings. The van der Waals surface area contributed by atoms with Crippen LogP contribution < -0.4 is 14.8 Å². The maximum Gasteiger partial charge on any atom is 0.329 e. The van der Waals surface area contributed by atoms with Crippen LogP contribution in [0, 0.1) is 29.6 Å². The highest BCUT2D eigenvalue weighted by Gasteiger charge is 2.48. The van der Waals surface area contributed by atoms with E-state index in [4.69, 9.17) is 0 Å². The third-order valence-electron chi connectivity index (χ3n) is 7.89. The molecule has 3 N–H and O–H groups in total. The fraction of sp³-hybridized carbons (Fsp3) is 0.950. The zero-order valence-electron chi connectivity index (χ0n) is 17.0. The highest BCUT2D eigenvalue weighted by atomic mass is 32.2. The Labute approximate surface area is 176 Å². The normalized spacial score (nSPS) is 43.6. The number of carbonyl (C=O) groups is 1. The fourth-order valence-electron chi connectivity index (χ4n) is 6.54. The summed E-state index contributed by atoms with van der Waals surface area (Å²) in [5.41, 5.74) is 0. The van der Waals surface area contributed by atoms with Crippen LogP contribution >= 0.6 is 0 Å². The molecule has 172 valence electrons. The number of rotatable bonds is 5. The first-order chi connectivity index (χ1) is 14.2. The molecular weight excluding hydrogens is 419 g/mol. The number of halogens is 3. The van der Waals surface area contributed by atoms with Crippen molar-refractivity contribution in [2.75, 3.05) is 6.54 Å². The lowest BCUT2D eigenvalue weighted by Crippen LogP contribution is -2.56. The van der Waals surface area contributed by atoms with E-state index >= 15 is 0 Å². The van der Waals surface area contributed by atoms with Crippen molar-refractivity contribution in [2.24, 2.45) is 29.6 Å². The molecular formula is C20H32F3N3O3S. The minimum Gasteiger partial charge on any atom is -0.334 e. The molecule has 0 bridgehead atoms. The summed E-state index contributed by atoms with van der Waals surface area (Å²) < 4.78 is 69.6. The fourth-order valence-corrected chi connectivity index (χ4v) is 7.33. The van der Waals surface area contributed by atoms with E-state index in [1.807, 2.05) is 4.72 Å². The van der Waals surface area contributed by atoms with E-state index < -0.39 is 60.1 Å². The van der Waals surface area contributed by atoms with Gasteiger partial charge in [0.25, 0.3) is 0 Å². The Kier molecular flexibility index (Phi) is 6.53. The van der Waals surface area contributed by atoms with E-state index in [1.165, 1.54) is 19.3 Å². The SMILES string of the molecule is O=C(NC1C2CCCC2CC2CCCC21)NS(=O)(=O)NCC1C(F)CC(F)CC1F. The molecule has 0 radical (unpaired) electrons. The van der Waals surface area contributed by atoms with Crippen LogP contribution in [0.25, 0.3) is 0 Å². The smallest absolute Gasteiger partial charge is 0.329 e. The predicted molar refractivity (Wildman–Crippen MR) is 106 cm³/mol. The highest BCUT2D eigenvalue weighted by Crippen LogP contribution is 2.52. The van der Waals surface area contributed by atoms with Gasteiger partial charge >= 0.3 is 16.2 Å². The van der Waals surface area contributed by atoms with E-state index in [2.05, 4.69) is 10.0 Å². The van der Waals surface area contributed by atoms with E-state index in [1.54, 1.807) is 0 Å². The van der Waals surface area contributed by atoms with Crippen LogP contribution in [0.5, 0.6) is 0 Å². The van der Waals surface area contributed by atoms with Crippen molar-refractivity contribution in [3.05, 3.63) is 0 Å². The molecule has 30 heavy (non-hydrogen) atoms. The van der Waals surface area contributed by atoms with Gasteiger partial charge in [0, 0.05) is 31.3 Å². The van der Waals surface area contributed by atoms with Crippen LogP contribution in [0.1, 0.15) is 57.8 Å². The van der Waals surface area contributed by atoms with Crippen molar-refractivity contribution in [1.82, 2.24) is 14.8 Å². The molecule has 4 fully saturated rings. The zero-order valence-corrected chi connectivity index (χ0v) is 17.9. The van der Waals surface area contributed by atoms with Crippen LogP contribution in [-0.4, -0.2) is 45.6 Å². The van der Waals surface area contributed by atoms with Gasteiger partial charge in [-0.1, -0.05) is 25.7 Å². The summed E-state index contributed by atoms with van der Waals surface area (Å²) >= 11 is 0. The van der Waals surface area contributed by atoms with Crippen LogP contribution in [0.3, 0.4) is 0 Å². The van der Waals surface area contributed by atoms with Gasteiger partial charge in [-0.25, -0.2) is 22.7 Å². The Morgan fingerprint density at radius 3 is 2.00 bits per heavy atom. The molecule has 6 unspecified atom stereocenters. The standard InChI is InChI=1S/C20H32F3N3O3S/c21-13-8-17(22)16(18(23)9-13)10-24-30(28,29)26-20(27)25-19-14-5-1-3-11(14)7-12-4-2-6-15(12)19/h11-19,24H,1-10H2,(H2,25,26,27). The summed E-state index contributed by atoms with van der Waals surface area (Å²) in [6.45, 7) is -0.517. The first-order valence-electron chi connectivity index (χ1n) is 11.2.